The maximum atomic E-state index is 6.10. The zero-order valence-electron chi connectivity index (χ0n) is 14.9. The molecule has 0 aliphatic carbocycles. The fourth-order valence-corrected chi connectivity index (χ4v) is 3.25. The molecule has 2 heterocycles. The van der Waals surface area contributed by atoms with Crippen LogP contribution >= 0.6 is 12.2 Å². The molecule has 2 aromatic rings. The van der Waals surface area contributed by atoms with Gasteiger partial charge in [-0.25, -0.2) is 4.98 Å². The smallest absolute Gasteiger partial charge is 0.172 e. The molecule has 1 unspecified atom stereocenters. The first-order valence-corrected chi connectivity index (χ1v) is 8.65. The lowest BCUT2D eigenvalue weighted by Crippen LogP contribution is -2.42. The lowest BCUT2D eigenvalue weighted by Gasteiger charge is -2.38. The highest BCUT2D eigenvalue weighted by Gasteiger charge is 2.34. The average molecular weight is 357 g/mol. The number of hydrogen-bond acceptors (Lipinski definition) is 4. The Morgan fingerprint density at radius 1 is 1.36 bits per heavy atom. The zero-order valence-corrected chi connectivity index (χ0v) is 15.7. The number of anilines is 1. The van der Waals surface area contributed by atoms with Crippen LogP contribution in [0.1, 0.15) is 37.4 Å². The Morgan fingerprint density at radius 2 is 2.16 bits per heavy atom. The van der Waals surface area contributed by atoms with Crippen LogP contribution in [0.2, 0.25) is 0 Å². The molecule has 1 aliphatic rings. The van der Waals surface area contributed by atoms with Crippen molar-refractivity contribution in [3.8, 4) is 11.5 Å². The molecule has 0 amide bonds. The van der Waals surface area contributed by atoms with Crippen LogP contribution in [0.3, 0.4) is 0 Å². The molecular weight excluding hydrogens is 334 g/mol. The maximum absolute atomic E-state index is 6.10. The third-order valence-electron chi connectivity index (χ3n) is 4.22. The molecule has 6 heteroatoms. The molecule has 0 saturated carbocycles. The van der Waals surface area contributed by atoms with Gasteiger partial charge in [0, 0.05) is 18.2 Å². The number of rotatable bonds is 3. The summed E-state index contributed by atoms with van der Waals surface area (Å²) in [6, 6.07) is 9.78. The predicted octanol–water partition coefficient (Wildman–Crippen LogP) is 3.99. The van der Waals surface area contributed by atoms with Crippen LogP contribution in [0, 0.1) is 6.92 Å². The molecule has 0 spiro atoms. The normalized spacial score (nSPS) is 17.8. The summed E-state index contributed by atoms with van der Waals surface area (Å²) < 4.78 is 11.5. The van der Waals surface area contributed by atoms with Crippen LogP contribution < -0.4 is 20.1 Å². The molecule has 25 heavy (non-hydrogen) atoms. The molecule has 0 radical (unpaired) electrons. The summed E-state index contributed by atoms with van der Waals surface area (Å²) in [6.07, 6.45) is 2.53. The number of pyridine rings is 1. The van der Waals surface area contributed by atoms with Crippen molar-refractivity contribution in [1.29, 1.82) is 0 Å². The van der Waals surface area contributed by atoms with E-state index < -0.39 is 0 Å². The maximum Gasteiger partial charge on any atom is 0.172 e. The molecule has 0 bridgehead atoms. The van der Waals surface area contributed by atoms with Crippen molar-refractivity contribution in [2.45, 2.75) is 38.8 Å². The predicted molar refractivity (Wildman–Crippen MR) is 103 cm³/mol. The van der Waals surface area contributed by atoms with Crippen LogP contribution in [0.15, 0.2) is 36.5 Å². The van der Waals surface area contributed by atoms with Crippen molar-refractivity contribution < 1.29 is 9.47 Å². The lowest BCUT2D eigenvalue weighted by atomic mass is 9.89. The average Bonchev–Trinajstić information content (AvgIpc) is 2.55. The minimum atomic E-state index is -0.282. The second-order valence-corrected chi connectivity index (χ2v) is 7.20. The third-order valence-corrected chi connectivity index (χ3v) is 4.44. The largest absolute Gasteiger partial charge is 0.497 e. The van der Waals surface area contributed by atoms with Gasteiger partial charge in [-0.1, -0.05) is 6.07 Å². The number of thiocarbonyl (C=S) groups is 1. The first-order valence-electron chi connectivity index (χ1n) is 8.24. The van der Waals surface area contributed by atoms with E-state index in [0.29, 0.717) is 5.11 Å². The van der Waals surface area contributed by atoms with Crippen molar-refractivity contribution in [2.24, 2.45) is 0 Å². The van der Waals surface area contributed by atoms with E-state index in [9.17, 15) is 0 Å². The lowest BCUT2D eigenvalue weighted by molar-refractivity contribution is 0.0695. The number of nitrogens with one attached hydrogen (secondary N) is 2. The Morgan fingerprint density at radius 3 is 2.88 bits per heavy atom. The Labute approximate surface area is 153 Å². The van der Waals surface area contributed by atoms with E-state index in [2.05, 4.69) is 29.5 Å². The van der Waals surface area contributed by atoms with Gasteiger partial charge in [-0.05, 0) is 62.8 Å². The minimum Gasteiger partial charge on any atom is -0.497 e. The summed E-state index contributed by atoms with van der Waals surface area (Å²) in [5, 5.41) is 7.12. The number of hydrogen-bond donors (Lipinski definition) is 2. The quantitative estimate of drug-likeness (QED) is 0.810. The molecule has 2 N–H and O–H groups in total. The van der Waals surface area contributed by atoms with Crippen molar-refractivity contribution in [2.75, 3.05) is 12.4 Å². The number of aromatic nitrogens is 1. The van der Waals surface area contributed by atoms with Gasteiger partial charge in [0.1, 0.15) is 22.9 Å². The molecule has 1 aromatic carbocycles. The first-order chi connectivity index (χ1) is 11.9. The second kappa shape index (κ2) is 6.88. The Kier molecular flexibility index (Phi) is 4.81. The van der Waals surface area contributed by atoms with Crippen LogP contribution in [-0.4, -0.2) is 22.8 Å². The highest BCUT2D eigenvalue weighted by Crippen LogP contribution is 2.41. The molecule has 0 saturated heterocycles. The highest BCUT2D eigenvalue weighted by molar-refractivity contribution is 7.80. The van der Waals surface area contributed by atoms with E-state index in [-0.39, 0.29) is 11.6 Å². The highest BCUT2D eigenvalue weighted by atomic mass is 32.1. The molecule has 1 atom stereocenters. The van der Waals surface area contributed by atoms with Crippen molar-refractivity contribution in [1.82, 2.24) is 10.3 Å². The first kappa shape index (κ1) is 17.5. The molecule has 5 nitrogen and oxygen atoms in total. The number of nitrogens with zero attached hydrogens (tertiary/aromatic N) is 1. The van der Waals surface area contributed by atoms with Crippen LogP contribution in [0.5, 0.6) is 11.5 Å². The van der Waals surface area contributed by atoms with Gasteiger partial charge >= 0.3 is 0 Å². The monoisotopic (exact) mass is 357 g/mol. The van der Waals surface area contributed by atoms with Gasteiger partial charge in [-0.2, -0.15) is 0 Å². The van der Waals surface area contributed by atoms with Crippen molar-refractivity contribution >= 4 is 23.1 Å². The molecule has 3 rings (SSSR count). The van der Waals surface area contributed by atoms with E-state index >= 15 is 0 Å². The van der Waals surface area contributed by atoms with E-state index in [0.717, 1.165) is 34.9 Å². The van der Waals surface area contributed by atoms with Gasteiger partial charge in [0.25, 0.3) is 0 Å². The zero-order chi connectivity index (χ0) is 18.0. The van der Waals surface area contributed by atoms with Crippen LogP contribution in [0.25, 0.3) is 0 Å². The van der Waals surface area contributed by atoms with Gasteiger partial charge in [-0.3, -0.25) is 0 Å². The fourth-order valence-electron chi connectivity index (χ4n) is 3.01. The molecule has 1 aliphatic heterocycles. The second-order valence-electron chi connectivity index (χ2n) is 6.79. The minimum absolute atomic E-state index is 0.0258. The Hall–Kier alpha value is -2.34. The fraction of sp³-hybridized carbons (Fsp3) is 0.368. The molecule has 0 fully saturated rings. The Balaban J connectivity index is 1.82. The van der Waals surface area contributed by atoms with Crippen LogP contribution in [-0.2, 0) is 0 Å². The van der Waals surface area contributed by atoms with Gasteiger partial charge in [0.15, 0.2) is 5.11 Å². The van der Waals surface area contributed by atoms with Crippen LogP contribution in [0.4, 0.5) is 5.82 Å². The van der Waals surface area contributed by atoms with Crippen molar-refractivity contribution in [3.63, 3.8) is 0 Å². The van der Waals surface area contributed by atoms with E-state index in [4.69, 9.17) is 21.7 Å². The van der Waals surface area contributed by atoms with E-state index in [1.165, 1.54) is 0 Å². The number of fused-ring (bicyclic) bond motifs is 1. The SMILES string of the molecule is COc1ccc2c(c1)C(NC(=S)Nc1ncccc1C)CC(C)(C)O2. The summed E-state index contributed by atoms with van der Waals surface area (Å²) >= 11 is 5.51. The molecular formula is C19H23N3O2S. The number of methoxy groups -OCH3 is 1. The van der Waals surface area contributed by atoms with Crippen molar-refractivity contribution in [3.05, 3.63) is 47.7 Å². The summed E-state index contributed by atoms with van der Waals surface area (Å²) in [4.78, 5) is 4.33. The number of aryl methyl sites for hydroxylation is 1. The van der Waals surface area contributed by atoms with Gasteiger partial charge in [0.2, 0.25) is 0 Å². The summed E-state index contributed by atoms with van der Waals surface area (Å²) in [5.74, 6) is 2.41. The standard InChI is InChI=1S/C19H23N3O2S/c1-12-6-5-9-20-17(12)22-18(25)21-15-11-19(2,3)24-16-8-7-13(23-4)10-14(15)16/h5-10,15H,11H2,1-4H3,(H2,20,21,22,25). The topological polar surface area (TPSA) is 55.4 Å². The van der Waals surface area contributed by atoms with Gasteiger partial charge < -0.3 is 20.1 Å². The summed E-state index contributed by atoms with van der Waals surface area (Å²) in [7, 11) is 1.66. The summed E-state index contributed by atoms with van der Waals surface area (Å²) in [5.41, 5.74) is 1.80. The third kappa shape index (κ3) is 4.02. The number of benzene rings is 1. The Bertz CT molecular complexity index is 792. The summed E-state index contributed by atoms with van der Waals surface area (Å²) in [6.45, 7) is 6.15. The molecule has 132 valence electrons. The van der Waals surface area contributed by atoms with E-state index in [1.807, 2.05) is 37.3 Å². The van der Waals surface area contributed by atoms with E-state index in [1.54, 1.807) is 13.3 Å². The number of ether oxygens (including phenoxy) is 2. The van der Waals surface area contributed by atoms with Gasteiger partial charge in [-0.15, -0.1) is 0 Å². The molecule has 1 aromatic heterocycles. The van der Waals surface area contributed by atoms with Gasteiger partial charge in [0.05, 0.1) is 13.2 Å².